The SMILES string of the molecule is Cc1cccc(-c2nc(CCN)[nH]c2Br)c1. The Morgan fingerprint density at radius 2 is 2.25 bits per heavy atom. The minimum Gasteiger partial charge on any atom is -0.336 e. The van der Waals surface area contributed by atoms with E-state index in [-0.39, 0.29) is 0 Å². The number of nitrogens with zero attached hydrogens (tertiary/aromatic N) is 1. The average Bonchev–Trinajstić information content (AvgIpc) is 2.60. The van der Waals surface area contributed by atoms with Gasteiger partial charge in [0.05, 0.1) is 0 Å². The van der Waals surface area contributed by atoms with Crippen LogP contribution in [0.4, 0.5) is 0 Å². The van der Waals surface area contributed by atoms with Crippen LogP contribution in [0.5, 0.6) is 0 Å². The first-order valence-corrected chi connectivity index (χ1v) is 6.01. The summed E-state index contributed by atoms with van der Waals surface area (Å²) in [7, 11) is 0. The molecule has 2 aromatic rings. The van der Waals surface area contributed by atoms with Crippen LogP contribution in [0.15, 0.2) is 28.9 Å². The van der Waals surface area contributed by atoms with Gasteiger partial charge in [0.2, 0.25) is 0 Å². The first kappa shape index (κ1) is 11.4. The summed E-state index contributed by atoms with van der Waals surface area (Å²) in [5.41, 5.74) is 8.80. The van der Waals surface area contributed by atoms with Gasteiger partial charge in [-0.05, 0) is 35.5 Å². The Labute approximate surface area is 103 Å². The summed E-state index contributed by atoms with van der Waals surface area (Å²) < 4.78 is 0.918. The minimum absolute atomic E-state index is 0.604. The molecule has 1 heterocycles. The summed E-state index contributed by atoms with van der Waals surface area (Å²) in [5, 5.41) is 0. The van der Waals surface area contributed by atoms with Gasteiger partial charge in [-0.2, -0.15) is 0 Å². The number of hydrogen-bond acceptors (Lipinski definition) is 2. The van der Waals surface area contributed by atoms with Gasteiger partial charge >= 0.3 is 0 Å². The van der Waals surface area contributed by atoms with Gasteiger partial charge in [-0.15, -0.1) is 0 Å². The highest BCUT2D eigenvalue weighted by Gasteiger charge is 2.09. The molecular weight excluding hydrogens is 266 g/mol. The van der Waals surface area contributed by atoms with Gasteiger partial charge in [0.15, 0.2) is 0 Å². The molecule has 0 fully saturated rings. The normalized spacial score (nSPS) is 10.7. The average molecular weight is 280 g/mol. The fourth-order valence-corrected chi connectivity index (χ4v) is 2.18. The Hall–Kier alpha value is -1.13. The maximum absolute atomic E-state index is 5.51. The molecule has 1 aromatic heterocycles. The van der Waals surface area contributed by atoms with E-state index in [0.29, 0.717) is 6.54 Å². The van der Waals surface area contributed by atoms with Gasteiger partial charge in [0, 0.05) is 12.0 Å². The highest BCUT2D eigenvalue weighted by molar-refractivity contribution is 9.10. The van der Waals surface area contributed by atoms with E-state index in [0.717, 1.165) is 28.1 Å². The molecule has 1 aromatic carbocycles. The fraction of sp³-hybridized carbons (Fsp3) is 0.250. The molecule has 84 valence electrons. The molecule has 0 saturated heterocycles. The largest absolute Gasteiger partial charge is 0.336 e. The monoisotopic (exact) mass is 279 g/mol. The van der Waals surface area contributed by atoms with Crippen molar-refractivity contribution in [2.45, 2.75) is 13.3 Å². The standard InChI is InChI=1S/C12H14BrN3/c1-8-3-2-4-9(7-8)11-12(13)16-10(15-11)5-6-14/h2-4,7H,5-6,14H2,1H3,(H,15,16). The van der Waals surface area contributed by atoms with Crippen molar-refractivity contribution < 1.29 is 0 Å². The number of halogens is 1. The van der Waals surface area contributed by atoms with Gasteiger partial charge in [-0.1, -0.05) is 23.8 Å². The summed E-state index contributed by atoms with van der Waals surface area (Å²) in [4.78, 5) is 7.72. The molecule has 16 heavy (non-hydrogen) atoms. The zero-order valence-electron chi connectivity index (χ0n) is 9.13. The predicted molar refractivity (Wildman–Crippen MR) is 69.2 cm³/mol. The Morgan fingerprint density at radius 1 is 1.44 bits per heavy atom. The Bertz CT molecular complexity index is 491. The van der Waals surface area contributed by atoms with E-state index < -0.39 is 0 Å². The molecule has 0 bridgehead atoms. The number of imidazole rings is 1. The van der Waals surface area contributed by atoms with Gasteiger partial charge in [0.1, 0.15) is 16.1 Å². The third-order valence-electron chi connectivity index (χ3n) is 2.38. The van der Waals surface area contributed by atoms with E-state index in [1.165, 1.54) is 5.56 Å². The predicted octanol–water partition coefficient (Wildman–Crippen LogP) is 2.65. The quantitative estimate of drug-likeness (QED) is 0.908. The first-order valence-electron chi connectivity index (χ1n) is 5.22. The van der Waals surface area contributed by atoms with E-state index in [1.807, 2.05) is 6.07 Å². The smallest absolute Gasteiger partial charge is 0.110 e. The van der Waals surface area contributed by atoms with E-state index >= 15 is 0 Å². The third-order valence-corrected chi connectivity index (χ3v) is 2.96. The lowest BCUT2D eigenvalue weighted by Gasteiger charge is -1.98. The lowest BCUT2D eigenvalue weighted by Crippen LogP contribution is -2.03. The van der Waals surface area contributed by atoms with Crippen LogP contribution in [0.3, 0.4) is 0 Å². The number of nitrogens with two attached hydrogens (primary N) is 1. The number of aromatic amines is 1. The van der Waals surface area contributed by atoms with Gasteiger partial charge in [0.25, 0.3) is 0 Å². The molecule has 3 nitrogen and oxygen atoms in total. The van der Waals surface area contributed by atoms with Gasteiger partial charge in [-0.3, -0.25) is 0 Å². The van der Waals surface area contributed by atoms with Gasteiger partial charge in [-0.25, -0.2) is 4.98 Å². The lowest BCUT2D eigenvalue weighted by molar-refractivity contribution is 0.893. The van der Waals surface area contributed by atoms with Crippen molar-refractivity contribution in [3.05, 3.63) is 40.3 Å². The fourth-order valence-electron chi connectivity index (χ4n) is 1.64. The second-order valence-electron chi connectivity index (χ2n) is 3.75. The molecular formula is C12H14BrN3. The number of rotatable bonds is 3. The number of aryl methyl sites for hydroxylation is 1. The molecule has 0 atom stereocenters. The van der Waals surface area contributed by atoms with Crippen LogP contribution in [-0.2, 0) is 6.42 Å². The van der Waals surface area contributed by atoms with Crippen LogP contribution in [0.25, 0.3) is 11.3 Å². The maximum atomic E-state index is 5.51. The molecule has 3 N–H and O–H groups in total. The van der Waals surface area contributed by atoms with Crippen LogP contribution < -0.4 is 5.73 Å². The molecule has 0 radical (unpaired) electrons. The van der Waals surface area contributed by atoms with Crippen LogP contribution >= 0.6 is 15.9 Å². The van der Waals surface area contributed by atoms with Crippen molar-refractivity contribution in [3.63, 3.8) is 0 Å². The lowest BCUT2D eigenvalue weighted by atomic mass is 10.1. The molecule has 0 aliphatic heterocycles. The number of aromatic nitrogens is 2. The van der Waals surface area contributed by atoms with E-state index in [1.54, 1.807) is 0 Å². The first-order chi connectivity index (χ1) is 7.70. The summed E-state index contributed by atoms with van der Waals surface area (Å²) >= 11 is 3.49. The molecule has 0 amide bonds. The van der Waals surface area contributed by atoms with Crippen molar-refractivity contribution >= 4 is 15.9 Å². The number of hydrogen-bond donors (Lipinski definition) is 2. The van der Waals surface area contributed by atoms with Crippen LogP contribution in [0, 0.1) is 6.92 Å². The molecule has 0 saturated carbocycles. The third kappa shape index (κ3) is 2.33. The molecule has 0 spiro atoms. The second kappa shape index (κ2) is 4.80. The minimum atomic E-state index is 0.604. The number of benzene rings is 1. The molecule has 0 unspecified atom stereocenters. The van der Waals surface area contributed by atoms with E-state index in [2.05, 4.69) is 51.0 Å². The summed E-state index contributed by atoms with van der Waals surface area (Å²) in [6.07, 6.45) is 0.768. The Kier molecular flexibility index (Phi) is 3.41. The van der Waals surface area contributed by atoms with Crippen molar-refractivity contribution in [3.8, 4) is 11.3 Å². The number of H-pyrrole nitrogens is 1. The zero-order chi connectivity index (χ0) is 11.5. The summed E-state index contributed by atoms with van der Waals surface area (Å²) in [5.74, 6) is 0.922. The topological polar surface area (TPSA) is 54.7 Å². The van der Waals surface area contributed by atoms with Crippen LogP contribution in [0.1, 0.15) is 11.4 Å². The number of nitrogens with one attached hydrogen (secondary N) is 1. The highest BCUT2D eigenvalue weighted by atomic mass is 79.9. The zero-order valence-corrected chi connectivity index (χ0v) is 10.7. The molecule has 0 aliphatic carbocycles. The van der Waals surface area contributed by atoms with Crippen molar-refractivity contribution in [2.24, 2.45) is 5.73 Å². The maximum Gasteiger partial charge on any atom is 0.110 e. The Morgan fingerprint density at radius 3 is 2.94 bits per heavy atom. The van der Waals surface area contributed by atoms with Crippen LogP contribution in [-0.4, -0.2) is 16.5 Å². The van der Waals surface area contributed by atoms with Crippen molar-refractivity contribution in [2.75, 3.05) is 6.54 Å². The summed E-state index contributed by atoms with van der Waals surface area (Å²) in [6.45, 7) is 2.68. The van der Waals surface area contributed by atoms with Crippen molar-refractivity contribution in [1.82, 2.24) is 9.97 Å². The Balaban J connectivity index is 2.40. The van der Waals surface area contributed by atoms with E-state index in [9.17, 15) is 0 Å². The second-order valence-corrected chi connectivity index (χ2v) is 4.55. The van der Waals surface area contributed by atoms with E-state index in [4.69, 9.17) is 5.73 Å². The molecule has 0 aliphatic rings. The van der Waals surface area contributed by atoms with Gasteiger partial charge < -0.3 is 10.7 Å². The molecule has 4 heteroatoms. The van der Waals surface area contributed by atoms with Crippen molar-refractivity contribution in [1.29, 1.82) is 0 Å². The molecule has 2 rings (SSSR count). The summed E-state index contributed by atoms with van der Waals surface area (Å²) in [6, 6.07) is 8.28. The highest BCUT2D eigenvalue weighted by Crippen LogP contribution is 2.26. The van der Waals surface area contributed by atoms with Crippen LogP contribution in [0.2, 0.25) is 0 Å².